The summed E-state index contributed by atoms with van der Waals surface area (Å²) in [7, 11) is 1.38. The summed E-state index contributed by atoms with van der Waals surface area (Å²) >= 11 is 0. The average Bonchev–Trinajstić information content (AvgIpc) is 2.47. The molecule has 0 saturated heterocycles. The van der Waals surface area contributed by atoms with Crippen LogP contribution in [0.15, 0.2) is 41.3 Å². The molecule has 0 radical (unpaired) electrons. The number of para-hydroxylation sites is 1. The highest BCUT2D eigenvalue weighted by Crippen LogP contribution is 2.24. The van der Waals surface area contributed by atoms with E-state index in [1.165, 1.54) is 37.6 Å². The van der Waals surface area contributed by atoms with Crippen molar-refractivity contribution < 1.29 is 18.7 Å². The number of anilines is 1. The van der Waals surface area contributed by atoms with Gasteiger partial charge in [-0.25, -0.2) is 9.18 Å². The molecule has 0 aliphatic heterocycles. The van der Waals surface area contributed by atoms with E-state index in [-0.39, 0.29) is 17.1 Å². The first kappa shape index (κ1) is 17.5. The molecule has 6 nitrogen and oxygen atoms in total. The van der Waals surface area contributed by atoms with Gasteiger partial charge < -0.3 is 9.47 Å². The zero-order valence-electron chi connectivity index (χ0n) is 13.9. The van der Waals surface area contributed by atoms with Gasteiger partial charge in [-0.15, -0.1) is 0 Å². The van der Waals surface area contributed by atoms with E-state index >= 15 is 0 Å². The Kier molecular flexibility index (Phi) is 4.92. The molecule has 24 heavy (non-hydrogen) atoms. The summed E-state index contributed by atoms with van der Waals surface area (Å²) in [6, 6.07) is 7.17. The summed E-state index contributed by atoms with van der Waals surface area (Å²) in [5.74, 6) is -0.419. The highest BCUT2D eigenvalue weighted by atomic mass is 19.1. The molecule has 0 unspecified atom stereocenters. The molecule has 128 valence electrons. The van der Waals surface area contributed by atoms with Crippen LogP contribution in [-0.2, 0) is 4.74 Å². The van der Waals surface area contributed by atoms with Crippen LogP contribution in [0.25, 0.3) is 5.69 Å². The highest BCUT2D eigenvalue weighted by Gasteiger charge is 2.19. The van der Waals surface area contributed by atoms with E-state index in [2.05, 4.69) is 5.32 Å². The van der Waals surface area contributed by atoms with Crippen LogP contribution in [0.5, 0.6) is 5.75 Å². The first-order chi connectivity index (χ1) is 11.2. The van der Waals surface area contributed by atoms with Crippen molar-refractivity contribution in [2.24, 2.45) is 0 Å². The van der Waals surface area contributed by atoms with Gasteiger partial charge in [-0.3, -0.25) is 14.7 Å². The van der Waals surface area contributed by atoms with E-state index in [1.807, 2.05) is 0 Å². The third-order valence-corrected chi connectivity index (χ3v) is 2.99. The van der Waals surface area contributed by atoms with Crippen molar-refractivity contribution in [3.8, 4) is 11.4 Å². The predicted octanol–water partition coefficient (Wildman–Crippen LogP) is 3.33. The number of ether oxygens (including phenoxy) is 2. The van der Waals surface area contributed by atoms with Crippen LogP contribution < -0.4 is 15.6 Å². The minimum absolute atomic E-state index is 0.0298. The number of benzene rings is 1. The van der Waals surface area contributed by atoms with Gasteiger partial charge in [0.25, 0.3) is 5.56 Å². The molecular weight excluding hydrogens is 315 g/mol. The number of carbonyl (C=O) groups excluding carboxylic acids is 1. The van der Waals surface area contributed by atoms with Crippen molar-refractivity contribution in [1.29, 1.82) is 0 Å². The van der Waals surface area contributed by atoms with Gasteiger partial charge in [0.05, 0.1) is 7.11 Å². The van der Waals surface area contributed by atoms with Gasteiger partial charge in [-0.1, -0.05) is 6.07 Å². The number of methoxy groups -OCH3 is 1. The maximum Gasteiger partial charge on any atom is 0.412 e. The van der Waals surface area contributed by atoms with E-state index in [9.17, 15) is 14.0 Å². The number of aromatic nitrogens is 1. The molecule has 0 fully saturated rings. The molecule has 1 aromatic heterocycles. The number of amides is 1. The standard InChI is InChI=1S/C17H19FN2O4/c1-17(2,3)24-16(22)19-12-8-6-10-20(15(12)21)14-11(18)7-5-9-13(14)23-4/h5-10H,1-4H3,(H,19,22). The van der Waals surface area contributed by atoms with E-state index in [4.69, 9.17) is 9.47 Å². The van der Waals surface area contributed by atoms with E-state index in [0.29, 0.717) is 0 Å². The third kappa shape index (κ3) is 3.92. The molecule has 1 amide bonds. The van der Waals surface area contributed by atoms with Gasteiger partial charge in [-0.05, 0) is 45.0 Å². The number of hydrogen-bond acceptors (Lipinski definition) is 4. The SMILES string of the molecule is COc1cccc(F)c1-n1cccc(NC(=O)OC(C)(C)C)c1=O. The molecule has 2 rings (SSSR count). The Labute approximate surface area is 138 Å². The lowest BCUT2D eigenvalue weighted by Crippen LogP contribution is -2.30. The van der Waals surface area contributed by atoms with Crippen LogP contribution in [0.3, 0.4) is 0 Å². The molecule has 0 aliphatic rings. The number of hydrogen-bond donors (Lipinski definition) is 1. The zero-order valence-corrected chi connectivity index (χ0v) is 13.9. The van der Waals surface area contributed by atoms with Crippen molar-refractivity contribution in [1.82, 2.24) is 4.57 Å². The number of nitrogens with zero attached hydrogens (tertiary/aromatic N) is 1. The second-order valence-corrected chi connectivity index (χ2v) is 6.01. The molecule has 2 aromatic rings. The summed E-state index contributed by atoms with van der Waals surface area (Å²) in [6.07, 6.45) is 0.627. The number of halogens is 1. The Morgan fingerprint density at radius 2 is 1.92 bits per heavy atom. The molecule has 7 heteroatoms. The van der Waals surface area contributed by atoms with Gasteiger partial charge >= 0.3 is 6.09 Å². The van der Waals surface area contributed by atoms with Crippen LogP contribution >= 0.6 is 0 Å². The Bertz CT molecular complexity index is 809. The molecule has 0 aliphatic carbocycles. The van der Waals surface area contributed by atoms with Crippen molar-refractivity contribution in [2.75, 3.05) is 12.4 Å². The fourth-order valence-corrected chi connectivity index (χ4v) is 2.07. The van der Waals surface area contributed by atoms with Gasteiger partial charge in [-0.2, -0.15) is 0 Å². The van der Waals surface area contributed by atoms with Crippen molar-refractivity contribution in [2.45, 2.75) is 26.4 Å². The Morgan fingerprint density at radius 1 is 1.21 bits per heavy atom. The molecule has 0 bridgehead atoms. The summed E-state index contributed by atoms with van der Waals surface area (Å²) in [6.45, 7) is 5.13. The maximum absolute atomic E-state index is 14.2. The first-order valence-electron chi connectivity index (χ1n) is 7.27. The van der Waals surface area contributed by atoms with Crippen LogP contribution in [0, 0.1) is 5.82 Å². The molecular formula is C17H19FN2O4. The summed E-state index contributed by atoms with van der Waals surface area (Å²) in [5.41, 5.74) is -1.37. The van der Waals surface area contributed by atoms with Gasteiger partial charge in [0.1, 0.15) is 22.7 Å². The highest BCUT2D eigenvalue weighted by molar-refractivity contribution is 5.84. The van der Waals surface area contributed by atoms with Crippen molar-refractivity contribution >= 4 is 11.8 Å². The van der Waals surface area contributed by atoms with E-state index < -0.39 is 23.1 Å². The van der Waals surface area contributed by atoms with Gasteiger partial charge in [0.15, 0.2) is 5.82 Å². The molecule has 1 N–H and O–H groups in total. The minimum Gasteiger partial charge on any atom is -0.494 e. The molecule has 0 atom stereocenters. The van der Waals surface area contributed by atoms with Crippen molar-refractivity contribution in [3.63, 3.8) is 0 Å². The fraction of sp³-hybridized carbons (Fsp3) is 0.294. The van der Waals surface area contributed by atoms with Crippen LogP contribution in [-0.4, -0.2) is 23.4 Å². The van der Waals surface area contributed by atoms with Crippen molar-refractivity contribution in [3.05, 3.63) is 52.7 Å². The quantitative estimate of drug-likeness (QED) is 0.935. The normalized spacial score (nSPS) is 11.0. The summed E-state index contributed by atoms with van der Waals surface area (Å²) in [4.78, 5) is 24.4. The number of pyridine rings is 1. The second-order valence-electron chi connectivity index (χ2n) is 6.01. The topological polar surface area (TPSA) is 69.6 Å². The fourth-order valence-electron chi connectivity index (χ4n) is 2.07. The lowest BCUT2D eigenvalue weighted by molar-refractivity contribution is 0.0635. The lowest BCUT2D eigenvalue weighted by Gasteiger charge is -2.19. The predicted molar refractivity (Wildman–Crippen MR) is 88.4 cm³/mol. The minimum atomic E-state index is -0.766. The molecule has 1 aromatic carbocycles. The largest absolute Gasteiger partial charge is 0.494 e. The number of nitrogens with one attached hydrogen (secondary N) is 1. The number of carbonyl (C=O) groups is 1. The van der Waals surface area contributed by atoms with Crippen LogP contribution in [0.4, 0.5) is 14.9 Å². The van der Waals surface area contributed by atoms with E-state index in [1.54, 1.807) is 26.8 Å². The Morgan fingerprint density at radius 3 is 2.54 bits per heavy atom. The second kappa shape index (κ2) is 6.74. The first-order valence-corrected chi connectivity index (χ1v) is 7.27. The van der Waals surface area contributed by atoms with Gasteiger partial charge in [0.2, 0.25) is 0 Å². The number of rotatable bonds is 3. The zero-order chi connectivity index (χ0) is 17.9. The lowest BCUT2D eigenvalue weighted by atomic mass is 10.2. The molecule has 0 saturated carbocycles. The summed E-state index contributed by atoms with van der Waals surface area (Å²) < 4.78 is 25.5. The summed E-state index contributed by atoms with van der Waals surface area (Å²) in [5, 5.41) is 2.38. The Balaban J connectivity index is 2.43. The molecule has 0 spiro atoms. The maximum atomic E-state index is 14.2. The third-order valence-electron chi connectivity index (χ3n) is 2.99. The monoisotopic (exact) mass is 334 g/mol. The van der Waals surface area contributed by atoms with E-state index in [0.717, 1.165) is 4.57 Å². The Hall–Kier alpha value is -2.83. The smallest absolute Gasteiger partial charge is 0.412 e. The molecule has 1 heterocycles. The van der Waals surface area contributed by atoms with Gasteiger partial charge in [0, 0.05) is 6.20 Å². The average molecular weight is 334 g/mol. The van der Waals surface area contributed by atoms with Crippen LogP contribution in [0.2, 0.25) is 0 Å². The van der Waals surface area contributed by atoms with Crippen LogP contribution in [0.1, 0.15) is 20.8 Å².